The lowest BCUT2D eigenvalue weighted by molar-refractivity contribution is -0.123. The zero-order chi connectivity index (χ0) is 18.5. The molecule has 1 aromatic heterocycles. The molecule has 142 valence electrons. The largest absolute Gasteiger partial charge is 0.371 e. The van der Waals surface area contributed by atoms with Crippen molar-refractivity contribution in [2.75, 3.05) is 50.8 Å². The van der Waals surface area contributed by atoms with Gasteiger partial charge in [0.2, 0.25) is 11.9 Å². The summed E-state index contributed by atoms with van der Waals surface area (Å²) in [5.74, 6) is 0.806. The monoisotopic (exact) mass is 367 g/mol. The SMILES string of the molecule is O=C(CN1CCN(c2ncccn2)CC1)NC[C@H]1OCCc2ccccc21. The van der Waals surface area contributed by atoms with Gasteiger partial charge in [-0.15, -0.1) is 0 Å². The van der Waals surface area contributed by atoms with Crippen LogP contribution in [0.2, 0.25) is 0 Å². The molecular weight excluding hydrogens is 342 g/mol. The molecule has 4 rings (SSSR count). The second-order valence-corrected chi connectivity index (χ2v) is 6.92. The van der Waals surface area contributed by atoms with Crippen LogP contribution in [0.15, 0.2) is 42.7 Å². The molecular formula is C20H25N5O2. The zero-order valence-corrected chi connectivity index (χ0v) is 15.4. The van der Waals surface area contributed by atoms with Gasteiger partial charge in [-0.1, -0.05) is 24.3 Å². The van der Waals surface area contributed by atoms with Crippen molar-refractivity contribution in [2.45, 2.75) is 12.5 Å². The van der Waals surface area contributed by atoms with Crippen LogP contribution < -0.4 is 10.2 Å². The number of hydrogen-bond acceptors (Lipinski definition) is 6. The van der Waals surface area contributed by atoms with Gasteiger partial charge in [-0.05, 0) is 23.6 Å². The fourth-order valence-electron chi connectivity index (χ4n) is 3.67. The van der Waals surface area contributed by atoms with Crippen molar-refractivity contribution in [3.63, 3.8) is 0 Å². The van der Waals surface area contributed by atoms with Gasteiger partial charge in [0.25, 0.3) is 0 Å². The van der Waals surface area contributed by atoms with E-state index in [1.54, 1.807) is 12.4 Å². The van der Waals surface area contributed by atoms with Crippen LogP contribution in [-0.2, 0) is 16.0 Å². The first kappa shape index (κ1) is 17.9. The Kier molecular flexibility index (Phi) is 5.60. The molecule has 1 amide bonds. The van der Waals surface area contributed by atoms with Crippen LogP contribution in [-0.4, -0.2) is 66.7 Å². The number of carbonyl (C=O) groups excluding carboxylic acids is 1. The molecule has 7 nitrogen and oxygen atoms in total. The van der Waals surface area contributed by atoms with E-state index in [1.807, 2.05) is 12.1 Å². The number of hydrogen-bond donors (Lipinski definition) is 1. The van der Waals surface area contributed by atoms with E-state index in [4.69, 9.17) is 4.74 Å². The van der Waals surface area contributed by atoms with Crippen molar-refractivity contribution in [2.24, 2.45) is 0 Å². The predicted molar refractivity (Wildman–Crippen MR) is 103 cm³/mol. The normalized spacial score (nSPS) is 20.1. The number of ether oxygens (including phenoxy) is 1. The number of piperazine rings is 1. The Labute approximate surface area is 159 Å². The number of fused-ring (bicyclic) bond motifs is 1. The molecule has 2 aliphatic heterocycles. The minimum absolute atomic E-state index is 0.0473. The van der Waals surface area contributed by atoms with Crippen molar-refractivity contribution in [1.29, 1.82) is 0 Å². The summed E-state index contributed by atoms with van der Waals surface area (Å²) in [6, 6.07) is 10.1. The van der Waals surface area contributed by atoms with Crippen molar-refractivity contribution < 1.29 is 9.53 Å². The summed E-state index contributed by atoms with van der Waals surface area (Å²) < 4.78 is 5.86. The number of benzene rings is 1. The highest BCUT2D eigenvalue weighted by Crippen LogP contribution is 2.26. The second-order valence-electron chi connectivity index (χ2n) is 6.92. The van der Waals surface area contributed by atoms with Crippen LogP contribution in [0.5, 0.6) is 0 Å². The third-order valence-electron chi connectivity index (χ3n) is 5.15. The van der Waals surface area contributed by atoms with E-state index in [2.05, 4.69) is 43.3 Å². The molecule has 0 radical (unpaired) electrons. The molecule has 1 N–H and O–H groups in total. The van der Waals surface area contributed by atoms with E-state index in [-0.39, 0.29) is 12.0 Å². The smallest absolute Gasteiger partial charge is 0.234 e. The maximum absolute atomic E-state index is 12.4. The first-order chi connectivity index (χ1) is 13.3. The number of carbonyl (C=O) groups is 1. The van der Waals surface area contributed by atoms with E-state index < -0.39 is 0 Å². The summed E-state index contributed by atoms with van der Waals surface area (Å²) in [7, 11) is 0. The van der Waals surface area contributed by atoms with Gasteiger partial charge in [0.1, 0.15) is 6.10 Å². The van der Waals surface area contributed by atoms with Crippen LogP contribution in [0.4, 0.5) is 5.95 Å². The van der Waals surface area contributed by atoms with E-state index in [1.165, 1.54) is 11.1 Å². The quantitative estimate of drug-likeness (QED) is 0.851. The lowest BCUT2D eigenvalue weighted by atomic mass is 9.97. The molecule has 0 unspecified atom stereocenters. The van der Waals surface area contributed by atoms with Crippen molar-refractivity contribution in [1.82, 2.24) is 20.2 Å². The fraction of sp³-hybridized carbons (Fsp3) is 0.450. The molecule has 1 saturated heterocycles. The van der Waals surface area contributed by atoms with Crippen LogP contribution in [0, 0.1) is 0 Å². The zero-order valence-electron chi connectivity index (χ0n) is 15.4. The molecule has 1 fully saturated rings. The molecule has 0 spiro atoms. The van der Waals surface area contributed by atoms with Crippen LogP contribution in [0.1, 0.15) is 17.2 Å². The number of nitrogens with zero attached hydrogens (tertiary/aromatic N) is 4. The predicted octanol–water partition coefficient (Wildman–Crippen LogP) is 1.03. The summed E-state index contributed by atoms with van der Waals surface area (Å²) in [6.07, 6.45) is 4.41. The van der Waals surface area contributed by atoms with E-state index in [0.717, 1.165) is 38.5 Å². The van der Waals surface area contributed by atoms with Crippen molar-refractivity contribution >= 4 is 11.9 Å². The lowest BCUT2D eigenvalue weighted by Gasteiger charge is -2.34. The van der Waals surface area contributed by atoms with Gasteiger partial charge in [0, 0.05) is 45.1 Å². The summed E-state index contributed by atoms with van der Waals surface area (Å²) in [4.78, 5) is 25.3. The minimum Gasteiger partial charge on any atom is -0.371 e. The number of aromatic nitrogens is 2. The molecule has 7 heteroatoms. The molecule has 27 heavy (non-hydrogen) atoms. The third-order valence-corrected chi connectivity index (χ3v) is 5.15. The molecule has 1 aromatic carbocycles. The molecule has 0 aliphatic carbocycles. The average Bonchev–Trinajstić information content (AvgIpc) is 2.73. The summed E-state index contributed by atoms with van der Waals surface area (Å²) in [5, 5.41) is 3.04. The Morgan fingerprint density at radius 1 is 1.11 bits per heavy atom. The van der Waals surface area contributed by atoms with Crippen LogP contribution >= 0.6 is 0 Å². The molecule has 3 heterocycles. The van der Waals surface area contributed by atoms with Crippen LogP contribution in [0.25, 0.3) is 0 Å². The van der Waals surface area contributed by atoms with Gasteiger partial charge < -0.3 is 15.0 Å². The lowest BCUT2D eigenvalue weighted by Crippen LogP contribution is -2.50. The van der Waals surface area contributed by atoms with Crippen molar-refractivity contribution in [3.05, 3.63) is 53.9 Å². The molecule has 0 saturated carbocycles. The minimum atomic E-state index is -0.0500. The molecule has 1 atom stereocenters. The summed E-state index contributed by atoms with van der Waals surface area (Å²) >= 11 is 0. The molecule has 2 aromatic rings. The Hall–Kier alpha value is -2.51. The number of anilines is 1. The van der Waals surface area contributed by atoms with E-state index in [0.29, 0.717) is 19.7 Å². The number of rotatable bonds is 5. The number of amides is 1. The second kappa shape index (κ2) is 8.45. The summed E-state index contributed by atoms with van der Waals surface area (Å²) in [5.41, 5.74) is 2.52. The van der Waals surface area contributed by atoms with Gasteiger partial charge in [-0.25, -0.2) is 9.97 Å². The topological polar surface area (TPSA) is 70.6 Å². The molecule has 0 bridgehead atoms. The highest BCUT2D eigenvalue weighted by molar-refractivity contribution is 5.78. The highest BCUT2D eigenvalue weighted by atomic mass is 16.5. The Balaban J connectivity index is 1.23. The van der Waals surface area contributed by atoms with Gasteiger partial charge >= 0.3 is 0 Å². The number of nitrogens with one attached hydrogen (secondary N) is 1. The maximum Gasteiger partial charge on any atom is 0.234 e. The fourth-order valence-corrected chi connectivity index (χ4v) is 3.67. The van der Waals surface area contributed by atoms with Gasteiger partial charge in [0.05, 0.1) is 13.2 Å². The van der Waals surface area contributed by atoms with Crippen molar-refractivity contribution in [3.8, 4) is 0 Å². The Bertz CT molecular complexity index is 762. The van der Waals surface area contributed by atoms with E-state index >= 15 is 0 Å². The first-order valence-corrected chi connectivity index (χ1v) is 9.50. The third kappa shape index (κ3) is 4.43. The summed E-state index contributed by atoms with van der Waals surface area (Å²) in [6.45, 7) is 4.96. The van der Waals surface area contributed by atoms with Gasteiger partial charge in [0.15, 0.2) is 0 Å². The average molecular weight is 367 g/mol. The Morgan fingerprint density at radius 3 is 2.70 bits per heavy atom. The first-order valence-electron chi connectivity index (χ1n) is 9.50. The maximum atomic E-state index is 12.4. The highest BCUT2D eigenvalue weighted by Gasteiger charge is 2.23. The Morgan fingerprint density at radius 2 is 1.89 bits per heavy atom. The standard InChI is InChI=1S/C20H25N5O2/c26-19(23-14-18-17-5-2-1-4-16(17)6-13-27-18)15-24-9-11-25(12-10-24)20-21-7-3-8-22-20/h1-5,7-8,18H,6,9-15H2,(H,23,26)/t18-/m1/s1. The van der Waals surface area contributed by atoms with Crippen LogP contribution in [0.3, 0.4) is 0 Å². The van der Waals surface area contributed by atoms with E-state index in [9.17, 15) is 4.79 Å². The van der Waals surface area contributed by atoms with Gasteiger partial charge in [-0.2, -0.15) is 0 Å². The van der Waals surface area contributed by atoms with Gasteiger partial charge in [-0.3, -0.25) is 9.69 Å². The molecule has 2 aliphatic rings.